The molecule has 0 saturated heterocycles. The van der Waals surface area contributed by atoms with Crippen molar-refractivity contribution in [3.05, 3.63) is 53.6 Å². The Balaban J connectivity index is 2.14. The van der Waals surface area contributed by atoms with Crippen LogP contribution in [-0.2, 0) is 21.4 Å². The van der Waals surface area contributed by atoms with Crippen molar-refractivity contribution in [2.75, 3.05) is 27.3 Å². The molecule has 0 aromatic heterocycles. The summed E-state index contributed by atoms with van der Waals surface area (Å²) in [7, 11) is -0.911. The van der Waals surface area contributed by atoms with Crippen molar-refractivity contribution in [1.82, 2.24) is 9.62 Å². The van der Waals surface area contributed by atoms with Gasteiger partial charge in [-0.1, -0.05) is 31.2 Å². The number of likely N-dealkylation sites (N-methyl/N-ethyl adjacent to an activating group) is 1. The summed E-state index contributed by atoms with van der Waals surface area (Å²) < 4.78 is 37.7. The lowest BCUT2D eigenvalue weighted by molar-refractivity contribution is -0.121. The van der Waals surface area contributed by atoms with Crippen molar-refractivity contribution in [2.24, 2.45) is 0 Å². The van der Waals surface area contributed by atoms with E-state index in [4.69, 9.17) is 9.47 Å². The summed E-state index contributed by atoms with van der Waals surface area (Å²) in [6.07, 6.45) is 0. The number of nitrogens with zero attached hydrogens (tertiary/aromatic N) is 1. The lowest BCUT2D eigenvalue weighted by atomic mass is 10.2. The number of hydrogen-bond donors (Lipinski definition) is 1. The van der Waals surface area contributed by atoms with E-state index in [2.05, 4.69) is 5.32 Å². The maximum Gasteiger partial charge on any atom is 0.247 e. The van der Waals surface area contributed by atoms with Gasteiger partial charge in [-0.3, -0.25) is 4.79 Å². The van der Waals surface area contributed by atoms with Crippen LogP contribution in [0.2, 0.25) is 0 Å². The molecule has 0 aliphatic heterocycles. The number of methoxy groups -OCH3 is 2. The van der Waals surface area contributed by atoms with Crippen LogP contribution in [0.25, 0.3) is 0 Å². The Morgan fingerprint density at radius 3 is 2.39 bits per heavy atom. The van der Waals surface area contributed by atoms with Crippen molar-refractivity contribution >= 4 is 15.9 Å². The average Bonchev–Trinajstić information content (AvgIpc) is 2.70. The van der Waals surface area contributed by atoms with Crippen LogP contribution in [0.15, 0.2) is 47.4 Å². The molecule has 2 rings (SSSR count). The van der Waals surface area contributed by atoms with E-state index in [0.717, 1.165) is 15.4 Å². The molecule has 0 atom stereocenters. The molecule has 0 fully saturated rings. The molecule has 0 spiro atoms. The van der Waals surface area contributed by atoms with E-state index in [1.807, 2.05) is 18.2 Å². The summed E-state index contributed by atoms with van der Waals surface area (Å²) in [5.41, 5.74) is 1.60. The maximum atomic E-state index is 13.1. The minimum absolute atomic E-state index is 0.0504. The molecule has 0 bridgehead atoms. The first-order chi connectivity index (χ1) is 13.3. The van der Waals surface area contributed by atoms with Gasteiger partial charge in [-0.25, -0.2) is 8.42 Å². The fraction of sp³-hybridized carbons (Fsp3) is 0.350. The van der Waals surface area contributed by atoms with E-state index in [-0.39, 0.29) is 30.3 Å². The zero-order chi connectivity index (χ0) is 20.7. The first-order valence-electron chi connectivity index (χ1n) is 8.86. The van der Waals surface area contributed by atoms with Crippen molar-refractivity contribution in [2.45, 2.75) is 25.3 Å². The molecule has 0 radical (unpaired) electrons. The Kier molecular flexibility index (Phi) is 7.42. The van der Waals surface area contributed by atoms with E-state index in [0.29, 0.717) is 5.75 Å². The molecule has 0 saturated carbocycles. The third-order valence-corrected chi connectivity index (χ3v) is 6.22. The molecular weight excluding hydrogens is 380 g/mol. The lowest BCUT2D eigenvalue weighted by Gasteiger charge is -2.21. The van der Waals surface area contributed by atoms with Gasteiger partial charge in [0.1, 0.15) is 16.4 Å². The fourth-order valence-corrected chi connectivity index (χ4v) is 4.40. The summed E-state index contributed by atoms with van der Waals surface area (Å²) in [5, 5.41) is 2.75. The van der Waals surface area contributed by atoms with E-state index in [1.165, 1.54) is 7.11 Å². The third kappa shape index (κ3) is 5.02. The predicted molar refractivity (Wildman–Crippen MR) is 107 cm³/mol. The summed E-state index contributed by atoms with van der Waals surface area (Å²) in [4.78, 5) is 12.4. The Morgan fingerprint density at radius 1 is 1.07 bits per heavy atom. The van der Waals surface area contributed by atoms with Crippen LogP contribution >= 0.6 is 0 Å². The number of hydrogen-bond acceptors (Lipinski definition) is 5. The standard InChI is InChI=1S/C20H26N2O5S/c1-5-22(28(24,25)19-12-15(2)10-11-18(19)27-4)14-20(23)21-13-16-8-6-7-9-17(16)26-3/h6-12H,5,13-14H2,1-4H3,(H,21,23). The molecular formula is C20H26N2O5S. The minimum Gasteiger partial charge on any atom is -0.496 e. The van der Waals surface area contributed by atoms with Gasteiger partial charge < -0.3 is 14.8 Å². The zero-order valence-electron chi connectivity index (χ0n) is 16.6. The smallest absolute Gasteiger partial charge is 0.247 e. The Labute approximate surface area is 166 Å². The van der Waals surface area contributed by atoms with Crippen LogP contribution in [-0.4, -0.2) is 45.9 Å². The fourth-order valence-electron chi connectivity index (χ4n) is 2.75. The SMILES string of the molecule is CCN(CC(=O)NCc1ccccc1OC)S(=O)(=O)c1cc(C)ccc1OC. The highest BCUT2D eigenvalue weighted by molar-refractivity contribution is 7.89. The second-order valence-electron chi connectivity index (χ2n) is 6.17. The predicted octanol–water partition coefficient (Wildman–Crippen LogP) is 2.34. The van der Waals surface area contributed by atoms with Gasteiger partial charge >= 0.3 is 0 Å². The molecule has 0 heterocycles. The number of para-hydroxylation sites is 1. The number of sulfonamides is 1. The van der Waals surface area contributed by atoms with Crippen molar-refractivity contribution < 1.29 is 22.7 Å². The van der Waals surface area contributed by atoms with Crippen LogP contribution < -0.4 is 14.8 Å². The Morgan fingerprint density at radius 2 is 1.75 bits per heavy atom. The first-order valence-corrected chi connectivity index (χ1v) is 10.3. The molecule has 7 nitrogen and oxygen atoms in total. The highest BCUT2D eigenvalue weighted by atomic mass is 32.2. The molecule has 152 valence electrons. The summed E-state index contributed by atoms with van der Waals surface area (Å²) in [6, 6.07) is 12.2. The number of benzene rings is 2. The van der Waals surface area contributed by atoms with Gasteiger partial charge in [0.05, 0.1) is 20.8 Å². The molecule has 2 aromatic rings. The Hall–Kier alpha value is -2.58. The monoisotopic (exact) mass is 406 g/mol. The van der Waals surface area contributed by atoms with Crippen LogP contribution in [0.4, 0.5) is 0 Å². The third-order valence-electron chi connectivity index (χ3n) is 4.28. The van der Waals surface area contributed by atoms with E-state index in [9.17, 15) is 13.2 Å². The zero-order valence-corrected chi connectivity index (χ0v) is 17.4. The van der Waals surface area contributed by atoms with Crippen molar-refractivity contribution in [1.29, 1.82) is 0 Å². The molecule has 8 heteroatoms. The van der Waals surface area contributed by atoms with Crippen LogP contribution in [0.1, 0.15) is 18.1 Å². The lowest BCUT2D eigenvalue weighted by Crippen LogP contribution is -2.40. The summed E-state index contributed by atoms with van der Waals surface area (Å²) in [6.45, 7) is 3.60. The normalized spacial score (nSPS) is 11.3. The van der Waals surface area contributed by atoms with Crippen LogP contribution in [0, 0.1) is 6.92 Å². The van der Waals surface area contributed by atoms with Gasteiger partial charge in [0.2, 0.25) is 15.9 Å². The number of amides is 1. The second-order valence-corrected chi connectivity index (χ2v) is 8.08. The number of carbonyl (C=O) groups is 1. The number of rotatable bonds is 9. The molecule has 1 N–H and O–H groups in total. The second kappa shape index (κ2) is 9.57. The summed E-state index contributed by atoms with van der Waals surface area (Å²) >= 11 is 0. The van der Waals surface area contributed by atoms with Crippen LogP contribution in [0.3, 0.4) is 0 Å². The quantitative estimate of drug-likeness (QED) is 0.691. The van der Waals surface area contributed by atoms with E-state index in [1.54, 1.807) is 45.2 Å². The molecule has 0 aliphatic carbocycles. The molecule has 0 unspecified atom stereocenters. The van der Waals surface area contributed by atoms with Crippen LogP contribution in [0.5, 0.6) is 11.5 Å². The van der Waals surface area contributed by atoms with Gasteiger partial charge in [-0.15, -0.1) is 0 Å². The highest BCUT2D eigenvalue weighted by Crippen LogP contribution is 2.27. The van der Waals surface area contributed by atoms with Gasteiger partial charge in [0, 0.05) is 18.7 Å². The molecule has 28 heavy (non-hydrogen) atoms. The number of aryl methyl sites for hydroxylation is 1. The Bertz CT molecular complexity index is 928. The number of nitrogens with one attached hydrogen (secondary N) is 1. The van der Waals surface area contributed by atoms with Gasteiger partial charge in [0.15, 0.2) is 0 Å². The average molecular weight is 407 g/mol. The number of carbonyl (C=O) groups excluding carboxylic acids is 1. The molecule has 2 aromatic carbocycles. The van der Waals surface area contributed by atoms with E-state index >= 15 is 0 Å². The largest absolute Gasteiger partial charge is 0.496 e. The molecule has 0 aliphatic rings. The number of ether oxygens (including phenoxy) is 2. The van der Waals surface area contributed by atoms with E-state index < -0.39 is 15.9 Å². The van der Waals surface area contributed by atoms with Gasteiger partial charge in [0.25, 0.3) is 0 Å². The minimum atomic E-state index is -3.88. The first kappa shape index (κ1) is 21.7. The molecule has 1 amide bonds. The topological polar surface area (TPSA) is 84.9 Å². The van der Waals surface area contributed by atoms with Gasteiger partial charge in [-0.2, -0.15) is 4.31 Å². The van der Waals surface area contributed by atoms with Crippen molar-refractivity contribution in [3.8, 4) is 11.5 Å². The van der Waals surface area contributed by atoms with Crippen molar-refractivity contribution in [3.63, 3.8) is 0 Å². The van der Waals surface area contributed by atoms with Gasteiger partial charge in [-0.05, 0) is 30.7 Å². The summed E-state index contributed by atoms with van der Waals surface area (Å²) in [5.74, 6) is 0.508. The highest BCUT2D eigenvalue weighted by Gasteiger charge is 2.28. The maximum absolute atomic E-state index is 13.1.